The number of hydrogen-bond donors (Lipinski definition) is 1. The van der Waals surface area contributed by atoms with Crippen molar-refractivity contribution in [3.63, 3.8) is 0 Å². The molecule has 0 aromatic heterocycles. The zero-order chi connectivity index (χ0) is 15.5. The van der Waals surface area contributed by atoms with E-state index >= 15 is 0 Å². The van der Waals surface area contributed by atoms with Crippen molar-refractivity contribution in [2.45, 2.75) is 12.3 Å². The zero-order valence-electron chi connectivity index (χ0n) is 11.8. The van der Waals surface area contributed by atoms with Crippen molar-refractivity contribution >= 4 is 33.5 Å². The molecule has 0 aliphatic carbocycles. The molecule has 0 amide bonds. The first-order valence-corrected chi connectivity index (χ1v) is 6.94. The fraction of sp³-hybridized carbons (Fsp3) is 0.111. The minimum absolute atomic E-state index is 0.365. The summed E-state index contributed by atoms with van der Waals surface area (Å²) in [6.45, 7) is 1.41. The second-order valence-corrected chi connectivity index (χ2v) is 5.61. The predicted octanol–water partition coefficient (Wildman–Crippen LogP) is 3.25. The molecule has 3 aromatic carbocycles. The molecule has 108 valence electrons. The van der Waals surface area contributed by atoms with Gasteiger partial charge in [0.25, 0.3) is 0 Å². The number of esters is 1. The second kappa shape index (κ2) is 4.07. The summed E-state index contributed by atoms with van der Waals surface area (Å²) in [5, 5.41) is 13.0. The number of carbonyl (C=O) groups excluding carboxylic acids is 1. The minimum Gasteiger partial charge on any atom is -0.480 e. The summed E-state index contributed by atoms with van der Waals surface area (Å²) in [4.78, 5) is 24.1. The van der Waals surface area contributed by atoms with Gasteiger partial charge in [0.05, 0.1) is 0 Å². The molecule has 0 bridgehead atoms. The highest BCUT2D eigenvalue weighted by Gasteiger charge is 2.53. The molecule has 4 rings (SSSR count). The highest BCUT2D eigenvalue weighted by Crippen LogP contribution is 2.49. The van der Waals surface area contributed by atoms with E-state index < -0.39 is 17.4 Å². The van der Waals surface area contributed by atoms with Crippen LogP contribution in [-0.2, 0) is 15.0 Å². The Morgan fingerprint density at radius 3 is 2.05 bits per heavy atom. The van der Waals surface area contributed by atoms with E-state index in [1.165, 1.54) is 6.92 Å². The first-order chi connectivity index (χ1) is 10.5. The van der Waals surface area contributed by atoms with Gasteiger partial charge in [-0.25, -0.2) is 0 Å². The van der Waals surface area contributed by atoms with Crippen molar-refractivity contribution in [2.24, 2.45) is 0 Å². The first-order valence-electron chi connectivity index (χ1n) is 6.94. The van der Waals surface area contributed by atoms with Crippen LogP contribution >= 0.6 is 0 Å². The van der Waals surface area contributed by atoms with E-state index in [4.69, 9.17) is 4.74 Å². The molecule has 3 aromatic rings. The Morgan fingerprint density at radius 2 is 1.45 bits per heavy atom. The summed E-state index contributed by atoms with van der Waals surface area (Å²) in [5.41, 5.74) is -1.24. The molecule has 0 unspecified atom stereocenters. The molecule has 4 heteroatoms. The Hall–Kier alpha value is -2.88. The number of rotatable bonds is 1. The average Bonchev–Trinajstić information content (AvgIpc) is 2.81. The molecule has 1 atom stereocenters. The molecule has 4 nitrogen and oxygen atoms in total. The fourth-order valence-electron chi connectivity index (χ4n) is 3.20. The Morgan fingerprint density at radius 1 is 0.955 bits per heavy atom. The van der Waals surface area contributed by atoms with E-state index in [9.17, 15) is 14.7 Å². The zero-order valence-corrected chi connectivity index (χ0v) is 11.8. The van der Waals surface area contributed by atoms with Gasteiger partial charge < -0.3 is 9.84 Å². The lowest BCUT2D eigenvalue weighted by molar-refractivity contribution is -0.152. The molecule has 1 aliphatic heterocycles. The molecule has 0 spiro atoms. The molecule has 1 aliphatic rings. The van der Waals surface area contributed by atoms with Gasteiger partial charge in [-0.2, -0.15) is 0 Å². The topological polar surface area (TPSA) is 63.6 Å². The highest BCUT2D eigenvalue weighted by molar-refractivity contribution is 6.21. The van der Waals surface area contributed by atoms with E-state index in [1.807, 2.05) is 48.5 Å². The van der Waals surface area contributed by atoms with Gasteiger partial charge in [-0.05, 0) is 23.1 Å². The Labute approximate surface area is 125 Å². The van der Waals surface area contributed by atoms with Gasteiger partial charge in [0.2, 0.25) is 0 Å². The third kappa shape index (κ3) is 1.36. The van der Waals surface area contributed by atoms with Crippen LogP contribution in [0.2, 0.25) is 0 Å². The van der Waals surface area contributed by atoms with Crippen LogP contribution in [0.15, 0.2) is 48.5 Å². The molecule has 0 fully saturated rings. The van der Waals surface area contributed by atoms with E-state index in [0.717, 1.165) is 21.5 Å². The highest BCUT2D eigenvalue weighted by atomic mass is 16.5. The summed E-state index contributed by atoms with van der Waals surface area (Å²) in [5.74, 6) is -1.57. The van der Waals surface area contributed by atoms with E-state index in [-0.39, 0.29) is 0 Å². The number of fused-ring (bicyclic) bond motifs is 6. The molecular weight excluding hydrogens is 280 g/mol. The van der Waals surface area contributed by atoms with E-state index in [1.54, 1.807) is 0 Å². The monoisotopic (exact) mass is 292 g/mol. The van der Waals surface area contributed by atoms with Crippen LogP contribution in [0.1, 0.15) is 12.5 Å². The third-order valence-electron chi connectivity index (χ3n) is 4.42. The van der Waals surface area contributed by atoms with Gasteiger partial charge in [-0.15, -0.1) is 0 Å². The summed E-state index contributed by atoms with van der Waals surface area (Å²) in [6, 6.07) is 15.1. The average molecular weight is 292 g/mol. The van der Waals surface area contributed by atoms with Gasteiger partial charge in [-0.3, -0.25) is 9.59 Å². The maximum absolute atomic E-state index is 12.3. The van der Waals surface area contributed by atoms with Crippen LogP contribution in [0.4, 0.5) is 0 Å². The number of hydrogen-bond acceptors (Lipinski definition) is 3. The number of carboxylic acid groups (broad SMARTS) is 1. The lowest BCUT2D eigenvalue weighted by atomic mass is 9.80. The van der Waals surface area contributed by atoms with Crippen molar-refractivity contribution in [1.29, 1.82) is 0 Å². The maximum atomic E-state index is 12.3. The van der Waals surface area contributed by atoms with E-state index in [2.05, 4.69) is 0 Å². The molecule has 22 heavy (non-hydrogen) atoms. The number of aliphatic carboxylic acids is 1. The quantitative estimate of drug-likeness (QED) is 0.323. The summed E-state index contributed by atoms with van der Waals surface area (Å²) in [6.07, 6.45) is 0. The first kappa shape index (κ1) is 12.8. The molecular formula is C18H12O4. The molecule has 1 heterocycles. The Balaban J connectivity index is 2.30. The maximum Gasteiger partial charge on any atom is 0.333 e. The van der Waals surface area contributed by atoms with Crippen molar-refractivity contribution in [3.8, 4) is 5.75 Å². The molecule has 0 saturated heterocycles. The number of carboxylic acids is 1. The standard InChI is InChI=1S/C18H12O4/c1-18(16(19)20)14-12-8-4-2-6-10(12)11-7-3-5-9-13(11)15(14)22-17(18)21/h2-9H,1H3,(H,19,20)/t18-/m1/s1. The minimum atomic E-state index is -1.68. The van der Waals surface area contributed by atoms with Crippen LogP contribution in [0.3, 0.4) is 0 Å². The van der Waals surface area contributed by atoms with Gasteiger partial charge >= 0.3 is 11.9 Å². The van der Waals surface area contributed by atoms with Crippen molar-refractivity contribution in [2.75, 3.05) is 0 Å². The van der Waals surface area contributed by atoms with Crippen molar-refractivity contribution in [3.05, 3.63) is 54.1 Å². The van der Waals surface area contributed by atoms with Gasteiger partial charge in [-0.1, -0.05) is 48.5 Å². The number of carbonyl (C=O) groups is 2. The van der Waals surface area contributed by atoms with Crippen LogP contribution in [-0.4, -0.2) is 17.0 Å². The summed E-state index contributed by atoms with van der Waals surface area (Å²) in [7, 11) is 0. The Kier molecular flexibility index (Phi) is 2.37. The van der Waals surface area contributed by atoms with Crippen LogP contribution in [0.25, 0.3) is 21.5 Å². The Bertz CT molecular complexity index is 973. The smallest absolute Gasteiger partial charge is 0.333 e. The normalized spacial score (nSPS) is 20.1. The van der Waals surface area contributed by atoms with Gasteiger partial charge in [0, 0.05) is 10.9 Å². The van der Waals surface area contributed by atoms with Crippen molar-refractivity contribution in [1.82, 2.24) is 0 Å². The SMILES string of the molecule is C[C@@]1(C(=O)O)C(=O)Oc2c1c1ccccc1c1ccccc21. The van der Waals surface area contributed by atoms with Crippen LogP contribution in [0, 0.1) is 0 Å². The lowest BCUT2D eigenvalue weighted by Gasteiger charge is -2.17. The summed E-state index contributed by atoms with van der Waals surface area (Å²) < 4.78 is 5.39. The number of ether oxygens (including phenoxy) is 1. The van der Waals surface area contributed by atoms with E-state index in [0.29, 0.717) is 11.3 Å². The van der Waals surface area contributed by atoms with Crippen LogP contribution in [0.5, 0.6) is 5.75 Å². The van der Waals surface area contributed by atoms with Crippen molar-refractivity contribution < 1.29 is 19.4 Å². The third-order valence-corrected chi connectivity index (χ3v) is 4.42. The summed E-state index contributed by atoms with van der Waals surface area (Å²) >= 11 is 0. The van der Waals surface area contributed by atoms with Gasteiger partial charge in [0.1, 0.15) is 5.75 Å². The van der Waals surface area contributed by atoms with Crippen LogP contribution < -0.4 is 4.74 Å². The van der Waals surface area contributed by atoms with Gasteiger partial charge in [0.15, 0.2) is 5.41 Å². The molecule has 1 N–H and O–H groups in total. The lowest BCUT2D eigenvalue weighted by Crippen LogP contribution is -2.38. The predicted molar refractivity (Wildman–Crippen MR) is 82.1 cm³/mol. The second-order valence-electron chi connectivity index (χ2n) is 5.61. The molecule has 0 radical (unpaired) electrons. The largest absolute Gasteiger partial charge is 0.480 e. The number of benzene rings is 3. The fourth-order valence-corrected chi connectivity index (χ4v) is 3.20. The molecule has 0 saturated carbocycles.